The third-order valence-electron chi connectivity index (χ3n) is 6.91. The van der Waals surface area contributed by atoms with Gasteiger partial charge in [0.05, 0.1) is 24.4 Å². The first-order valence-electron chi connectivity index (χ1n) is 10.6. The van der Waals surface area contributed by atoms with E-state index in [1.165, 1.54) is 22.0 Å². The van der Waals surface area contributed by atoms with Crippen LogP contribution in [0.5, 0.6) is 0 Å². The van der Waals surface area contributed by atoms with Gasteiger partial charge in [-0.05, 0) is 65.4 Å². The van der Waals surface area contributed by atoms with E-state index < -0.39 is 0 Å². The molecular formula is C22H28BrN3O3. The lowest BCUT2D eigenvalue weighted by molar-refractivity contribution is 0.0232. The van der Waals surface area contributed by atoms with Gasteiger partial charge >= 0.3 is 6.09 Å². The molecule has 2 saturated heterocycles. The minimum atomic E-state index is -0.195. The summed E-state index contributed by atoms with van der Waals surface area (Å²) in [5, 5.41) is 1.41. The Morgan fingerprint density at radius 1 is 1.34 bits per heavy atom. The molecule has 0 spiro atoms. The van der Waals surface area contributed by atoms with Gasteiger partial charge in [-0.2, -0.15) is 0 Å². The normalized spacial score (nSPS) is 27.1. The molecule has 5 rings (SSSR count). The second-order valence-corrected chi connectivity index (χ2v) is 9.40. The van der Waals surface area contributed by atoms with Crippen LogP contribution in [0.2, 0.25) is 0 Å². The summed E-state index contributed by atoms with van der Waals surface area (Å²) in [6.45, 7) is 4.03. The summed E-state index contributed by atoms with van der Waals surface area (Å²) < 4.78 is 12.0. The van der Waals surface area contributed by atoms with Gasteiger partial charge in [-0.1, -0.05) is 12.1 Å². The maximum atomic E-state index is 12.2. The second kappa shape index (κ2) is 7.93. The van der Waals surface area contributed by atoms with Crippen LogP contribution in [0.25, 0.3) is 10.9 Å². The fraction of sp³-hybridized carbons (Fsp3) is 0.591. The van der Waals surface area contributed by atoms with Gasteiger partial charge in [0.25, 0.3) is 0 Å². The predicted molar refractivity (Wildman–Crippen MR) is 115 cm³/mol. The number of rotatable bonds is 3. The van der Waals surface area contributed by atoms with E-state index in [9.17, 15) is 4.79 Å². The number of piperidine rings is 1. The SMILES string of the molecule is CN1C[C@H](CCOC(=O)N2CCOCC2)CC2c3cccc4[nH]c(Br)c(c34)C[C@H]21. The summed E-state index contributed by atoms with van der Waals surface area (Å²) in [5.41, 5.74) is 4.12. The number of ether oxygens (including phenoxy) is 2. The number of fused-ring (bicyclic) bond motifs is 2. The van der Waals surface area contributed by atoms with Crippen molar-refractivity contribution in [3.05, 3.63) is 33.9 Å². The summed E-state index contributed by atoms with van der Waals surface area (Å²) in [7, 11) is 2.25. The quantitative estimate of drug-likeness (QED) is 0.755. The number of likely N-dealkylation sites (N-methyl/N-ethyl adjacent to an activating group) is 1. The van der Waals surface area contributed by atoms with Crippen molar-refractivity contribution in [3.63, 3.8) is 0 Å². The fourth-order valence-corrected chi connectivity index (χ4v) is 6.03. The number of hydrogen-bond donors (Lipinski definition) is 1. The van der Waals surface area contributed by atoms with E-state index in [1.54, 1.807) is 4.90 Å². The summed E-state index contributed by atoms with van der Waals surface area (Å²) in [4.78, 5) is 20.0. The number of hydrogen-bond acceptors (Lipinski definition) is 4. The highest BCUT2D eigenvalue weighted by atomic mass is 79.9. The number of carbonyl (C=O) groups is 1. The summed E-state index contributed by atoms with van der Waals surface area (Å²) in [6, 6.07) is 7.17. The first kappa shape index (κ1) is 19.4. The van der Waals surface area contributed by atoms with Crippen LogP contribution in [0.1, 0.15) is 29.9 Å². The highest BCUT2D eigenvalue weighted by Crippen LogP contribution is 2.46. The van der Waals surface area contributed by atoms with Gasteiger partial charge in [-0.25, -0.2) is 4.79 Å². The van der Waals surface area contributed by atoms with E-state index >= 15 is 0 Å². The molecule has 2 fully saturated rings. The lowest BCUT2D eigenvalue weighted by Crippen LogP contribution is -2.48. The van der Waals surface area contributed by atoms with E-state index in [2.05, 4.69) is 51.1 Å². The largest absolute Gasteiger partial charge is 0.449 e. The molecule has 1 aliphatic carbocycles. The Kier molecular flexibility index (Phi) is 5.30. The number of halogens is 1. The number of benzene rings is 1. The average molecular weight is 462 g/mol. The molecule has 2 aromatic rings. The van der Waals surface area contributed by atoms with Crippen LogP contribution >= 0.6 is 15.9 Å². The number of H-pyrrole nitrogens is 1. The lowest BCUT2D eigenvalue weighted by Gasteiger charge is -2.45. The predicted octanol–water partition coefficient (Wildman–Crippen LogP) is 3.75. The lowest BCUT2D eigenvalue weighted by atomic mass is 9.72. The highest BCUT2D eigenvalue weighted by Gasteiger charge is 2.40. The first-order valence-corrected chi connectivity index (χ1v) is 11.4. The molecule has 1 amide bonds. The van der Waals surface area contributed by atoms with E-state index in [1.807, 2.05) is 0 Å². The number of carbonyl (C=O) groups excluding carboxylic acids is 1. The summed E-state index contributed by atoms with van der Waals surface area (Å²) >= 11 is 3.73. The van der Waals surface area contributed by atoms with Crippen LogP contribution in [-0.2, 0) is 15.9 Å². The van der Waals surface area contributed by atoms with Crippen molar-refractivity contribution in [2.45, 2.75) is 31.2 Å². The third kappa shape index (κ3) is 3.57. The van der Waals surface area contributed by atoms with Crippen molar-refractivity contribution in [2.75, 3.05) is 46.5 Å². The topological polar surface area (TPSA) is 57.8 Å². The van der Waals surface area contributed by atoms with Crippen molar-refractivity contribution < 1.29 is 14.3 Å². The Labute approximate surface area is 179 Å². The zero-order valence-corrected chi connectivity index (χ0v) is 18.4. The first-order chi connectivity index (χ1) is 14.1. The van der Waals surface area contributed by atoms with Crippen molar-refractivity contribution in [2.24, 2.45) is 5.92 Å². The zero-order valence-electron chi connectivity index (χ0n) is 16.8. The number of nitrogens with zero attached hydrogens (tertiary/aromatic N) is 2. The fourth-order valence-electron chi connectivity index (χ4n) is 5.46. The molecule has 156 valence electrons. The van der Waals surface area contributed by atoms with E-state index in [4.69, 9.17) is 9.47 Å². The molecule has 2 aliphatic heterocycles. The Bertz CT molecular complexity index is 908. The molecule has 0 bridgehead atoms. The Morgan fingerprint density at radius 3 is 3.00 bits per heavy atom. The van der Waals surface area contributed by atoms with E-state index in [-0.39, 0.29) is 6.09 Å². The molecule has 1 N–H and O–H groups in total. The molecule has 1 aromatic heterocycles. The molecule has 7 heteroatoms. The maximum absolute atomic E-state index is 12.2. The standard InChI is InChI=1S/C22H28BrN3O3/c1-25-13-14(5-8-29-22(27)26-6-9-28-10-7-26)11-16-15-3-2-4-18-20(15)17(12-19(16)25)21(23)24-18/h2-4,14,16,19,24H,5-13H2,1H3/t14-,16?,19-/m1/s1. The maximum Gasteiger partial charge on any atom is 0.409 e. The second-order valence-electron chi connectivity index (χ2n) is 8.61. The van der Waals surface area contributed by atoms with Crippen LogP contribution in [0.3, 0.4) is 0 Å². The van der Waals surface area contributed by atoms with Crippen LogP contribution < -0.4 is 0 Å². The van der Waals surface area contributed by atoms with E-state index in [0.717, 1.165) is 30.4 Å². The van der Waals surface area contributed by atoms with Gasteiger partial charge < -0.3 is 24.3 Å². The number of morpholine rings is 1. The minimum Gasteiger partial charge on any atom is -0.449 e. The van der Waals surface area contributed by atoms with Crippen LogP contribution in [0.4, 0.5) is 4.79 Å². The van der Waals surface area contributed by atoms with Crippen molar-refractivity contribution >= 4 is 32.9 Å². The van der Waals surface area contributed by atoms with E-state index in [0.29, 0.717) is 50.8 Å². The van der Waals surface area contributed by atoms with Gasteiger partial charge in [0, 0.05) is 42.5 Å². The molecular weight excluding hydrogens is 434 g/mol. The Hall–Kier alpha value is -1.57. The number of nitrogens with one attached hydrogen (secondary N) is 1. The van der Waals surface area contributed by atoms with Crippen LogP contribution in [0.15, 0.2) is 22.8 Å². The van der Waals surface area contributed by atoms with Crippen LogP contribution in [0, 0.1) is 5.92 Å². The molecule has 1 unspecified atom stereocenters. The zero-order chi connectivity index (χ0) is 20.0. The molecule has 1 aromatic carbocycles. The molecule has 3 aliphatic rings. The number of likely N-dealkylation sites (tertiary alicyclic amines) is 1. The van der Waals surface area contributed by atoms with Crippen molar-refractivity contribution in [1.29, 1.82) is 0 Å². The average Bonchev–Trinajstić information content (AvgIpc) is 3.06. The van der Waals surface area contributed by atoms with Gasteiger partial charge in [-0.3, -0.25) is 0 Å². The molecule has 6 nitrogen and oxygen atoms in total. The molecule has 0 radical (unpaired) electrons. The summed E-state index contributed by atoms with van der Waals surface area (Å²) in [5.74, 6) is 1.07. The van der Waals surface area contributed by atoms with Gasteiger partial charge in [0.15, 0.2) is 0 Å². The van der Waals surface area contributed by atoms with Gasteiger partial charge in [-0.15, -0.1) is 0 Å². The van der Waals surface area contributed by atoms with Crippen molar-refractivity contribution in [1.82, 2.24) is 14.8 Å². The Balaban J connectivity index is 1.26. The molecule has 29 heavy (non-hydrogen) atoms. The smallest absolute Gasteiger partial charge is 0.409 e. The van der Waals surface area contributed by atoms with Crippen LogP contribution in [-0.4, -0.2) is 73.4 Å². The highest BCUT2D eigenvalue weighted by molar-refractivity contribution is 9.10. The molecule has 3 heterocycles. The third-order valence-corrected chi connectivity index (χ3v) is 7.58. The number of aromatic nitrogens is 1. The number of aromatic amines is 1. The summed E-state index contributed by atoms with van der Waals surface area (Å²) in [6.07, 6.45) is 2.96. The minimum absolute atomic E-state index is 0.195. The monoisotopic (exact) mass is 461 g/mol. The molecule has 3 atom stereocenters. The Morgan fingerprint density at radius 2 is 2.17 bits per heavy atom. The van der Waals surface area contributed by atoms with Crippen molar-refractivity contribution in [3.8, 4) is 0 Å². The molecule has 0 saturated carbocycles. The van der Waals surface area contributed by atoms with Gasteiger partial charge in [0.1, 0.15) is 0 Å². The number of amides is 1. The van der Waals surface area contributed by atoms with Gasteiger partial charge in [0.2, 0.25) is 0 Å².